The molecule has 0 spiro atoms. The fourth-order valence-corrected chi connectivity index (χ4v) is 5.20. The first-order valence-corrected chi connectivity index (χ1v) is 8.12. The first-order chi connectivity index (χ1) is 9.40. The smallest absolute Gasteiger partial charge is 0.145 e. The van der Waals surface area contributed by atoms with Gasteiger partial charge in [-0.25, -0.2) is 8.78 Å². The lowest BCUT2D eigenvalue weighted by Crippen LogP contribution is -1.98. The van der Waals surface area contributed by atoms with Crippen LogP contribution in [0.15, 0.2) is 31.7 Å². The second-order valence-corrected chi connectivity index (χ2v) is 7.34. The zero-order chi connectivity index (χ0) is 14.6. The van der Waals surface area contributed by atoms with Crippen LogP contribution in [0.1, 0.15) is 11.1 Å². The average molecular weight is 349 g/mol. The summed E-state index contributed by atoms with van der Waals surface area (Å²) in [6.45, 7) is 3.28. The third kappa shape index (κ3) is 2.13. The van der Waals surface area contributed by atoms with Gasteiger partial charge in [0.15, 0.2) is 0 Å². The number of hydrogen-bond acceptors (Lipinski definition) is 2. The Hall–Kier alpha value is -0.420. The molecule has 104 valence electrons. The zero-order valence-corrected chi connectivity index (χ0v) is 13.6. The summed E-state index contributed by atoms with van der Waals surface area (Å²) in [6, 6.07) is 3.19. The molecule has 0 atom stereocenters. The Kier molecular flexibility index (Phi) is 3.70. The van der Waals surface area contributed by atoms with E-state index in [2.05, 4.69) is 0 Å². The van der Waals surface area contributed by atoms with Gasteiger partial charge in [0.2, 0.25) is 0 Å². The second kappa shape index (κ2) is 5.09. The van der Waals surface area contributed by atoms with Crippen molar-refractivity contribution in [1.82, 2.24) is 0 Å². The van der Waals surface area contributed by atoms with Crippen LogP contribution in [0.3, 0.4) is 0 Å². The van der Waals surface area contributed by atoms with Crippen molar-refractivity contribution in [2.45, 2.75) is 33.4 Å². The van der Waals surface area contributed by atoms with Crippen molar-refractivity contribution in [1.29, 1.82) is 0 Å². The van der Waals surface area contributed by atoms with E-state index in [9.17, 15) is 8.78 Å². The average Bonchev–Trinajstić information content (AvgIpc) is 2.41. The first kappa shape index (κ1) is 14.5. The van der Waals surface area contributed by atoms with E-state index in [1.165, 1.54) is 29.6 Å². The highest BCUT2D eigenvalue weighted by atomic mass is 35.5. The number of fused-ring (bicyclic) bond motifs is 2. The molecule has 0 saturated heterocycles. The van der Waals surface area contributed by atoms with Gasteiger partial charge in [0.1, 0.15) is 11.6 Å². The lowest BCUT2D eigenvalue weighted by Gasteiger charge is -2.22. The standard InChI is InChI=1S/C14H8Cl2F2S2/c1-5-3-8-14(11(16)12(5)18)20-13-9(19-8)4-7(17)6(2)10(13)15/h3-4H,1-2H3. The maximum absolute atomic E-state index is 13.9. The van der Waals surface area contributed by atoms with Crippen molar-refractivity contribution in [3.63, 3.8) is 0 Å². The van der Waals surface area contributed by atoms with E-state index in [-0.39, 0.29) is 10.8 Å². The predicted octanol–water partition coefficient (Wildman–Crippen LogP) is 6.50. The SMILES string of the molecule is Cc1cc2c(c(Cl)c1F)Sc1c(cc(F)c(C)c1Cl)S2. The van der Waals surface area contributed by atoms with Gasteiger partial charge in [-0.3, -0.25) is 0 Å². The molecule has 2 aromatic carbocycles. The summed E-state index contributed by atoms with van der Waals surface area (Å²) in [5, 5.41) is 0.460. The van der Waals surface area contributed by atoms with Gasteiger partial charge in [0, 0.05) is 25.1 Å². The van der Waals surface area contributed by atoms with Gasteiger partial charge in [-0.05, 0) is 31.5 Å². The van der Waals surface area contributed by atoms with Gasteiger partial charge in [-0.15, -0.1) is 0 Å². The van der Waals surface area contributed by atoms with Crippen LogP contribution < -0.4 is 0 Å². The lowest BCUT2D eigenvalue weighted by atomic mass is 10.2. The quantitative estimate of drug-likeness (QED) is 0.454. The summed E-state index contributed by atoms with van der Waals surface area (Å²) < 4.78 is 27.7. The van der Waals surface area contributed by atoms with Crippen molar-refractivity contribution in [2.75, 3.05) is 0 Å². The molecule has 6 heteroatoms. The predicted molar refractivity (Wildman–Crippen MR) is 80.5 cm³/mol. The van der Waals surface area contributed by atoms with Crippen LogP contribution in [0.25, 0.3) is 0 Å². The van der Waals surface area contributed by atoms with Gasteiger partial charge in [-0.1, -0.05) is 46.7 Å². The van der Waals surface area contributed by atoms with Crippen LogP contribution >= 0.6 is 46.7 Å². The summed E-state index contributed by atoms with van der Waals surface area (Å²) in [6.07, 6.45) is 0. The molecule has 1 aliphatic heterocycles. The lowest BCUT2D eigenvalue weighted by molar-refractivity contribution is 0.610. The summed E-state index contributed by atoms with van der Waals surface area (Å²) >= 11 is 14.9. The number of rotatable bonds is 0. The molecule has 0 saturated carbocycles. The number of benzene rings is 2. The Balaban J connectivity index is 2.22. The number of halogens is 4. The molecule has 20 heavy (non-hydrogen) atoms. The van der Waals surface area contributed by atoms with Gasteiger partial charge in [-0.2, -0.15) is 0 Å². The van der Waals surface area contributed by atoms with Crippen molar-refractivity contribution < 1.29 is 8.78 Å². The Labute approximate surface area is 133 Å². The van der Waals surface area contributed by atoms with Crippen LogP contribution in [0, 0.1) is 25.5 Å². The van der Waals surface area contributed by atoms with Gasteiger partial charge in [0.05, 0.1) is 10.0 Å². The minimum atomic E-state index is -0.420. The molecule has 1 heterocycles. The van der Waals surface area contributed by atoms with E-state index >= 15 is 0 Å². The van der Waals surface area contributed by atoms with Crippen LogP contribution in [0.4, 0.5) is 8.78 Å². The van der Waals surface area contributed by atoms with Crippen molar-refractivity contribution in [2.24, 2.45) is 0 Å². The van der Waals surface area contributed by atoms with Crippen molar-refractivity contribution in [3.8, 4) is 0 Å². The third-order valence-corrected chi connectivity index (χ3v) is 6.75. The minimum Gasteiger partial charge on any atom is -0.207 e. The molecule has 0 unspecified atom stereocenters. The molecule has 0 radical (unpaired) electrons. The minimum absolute atomic E-state index is 0.0983. The molecule has 0 nitrogen and oxygen atoms in total. The summed E-state index contributed by atoms with van der Waals surface area (Å²) in [7, 11) is 0. The molecule has 0 amide bonds. The fourth-order valence-electron chi connectivity index (χ4n) is 1.94. The normalized spacial score (nSPS) is 13.1. The monoisotopic (exact) mass is 348 g/mol. The Bertz CT molecular complexity index is 683. The highest BCUT2D eigenvalue weighted by Gasteiger charge is 2.26. The largest absolute Gasteiger partial charge is 0.207 e. The molecule has 0 N–H and O–H groups in total. The summed E-state index contributed by atoms with van der Waals surface area (Å²) in [5.74, 6) is -0.757. The van der Waals surface area contributed by atoms with E-state index in [0.717, 1.165) is 14.7 Å². The molecule has 0 aliphatic carbocycles. The van der Waals surface area contributed by atoms with Crippen molar-refractivity contribution in [3.05, 3.63) is 44.9 Å². The van der Waals surface area contributed by atoms with Gasteiger partial charge in [0.25, 0.3) is 0 Å². The fraction of sp³-hybridized carbons (Fsp3) is 0.143. The molecule has 2 aromatic rings. The number of aryl methyl sites for hydroxylation is 1. The summed E-state index contributed by atoms with van der Waals surface area (Å²) in [5.41, 5.74) is 0.870. The van der Waals surface area contributed by atoms with E-state index in [4.69, 9.17) is 23.2 Å². The topological polar surface area (TPSA) is 0 Å². The zero-order valence-electron chi connectivity index (χ0n) is 10.5. The van der Waals surface area contributed by atoms with Gasteiger partial charge < -0.3 is 0 Å². The van der Waals surface area contributed by atoms with Crippen LogP contribution in [0.5, 0.6) is 0 Å². The summed E-state index contributed by atoms with van der Waals surface area (Å²) in [4.78, 5) is 2.93. The van der Waals surface area contributed by atoms with E-state index in [1.807, 2.05) is 0 Å². The van der Waals surface area contributed by atoms with Gasteiger partial charge >= 0.3 is 0 Å². The molecule has 0 bridgehead atoms. The Morgan fingerprint density at radius 1 is 0.900 bits per heavy atom. The maximum Gasteiger partial charge on any atom is 0.145 e. The van der Waals surface area contributed by atoms with E-state index in [1.54, 1.807) is 19.9 Å². The maximum atomic E-state index is 13.9. The molecule has 3 rings (SSSR count). The molecule has 0 fully saturated rings. The van der Waals surface area contributed by atoms with Crippen LogP contribution in [0.2, 0.25) is 10.0 Å². The third-order valence-electron chi connectivity index (χ3n) is 3.10. The van der Waals surface area contributed by atoms with Crippen molar-refractivity contribution >= 4 is 46.7 Å². The Morgan fingerprint density at radius 2 is 1.50 bits per heavy atom. The Morgan fingerprint density at radius 3 is 2.20 bits per heavy atom. The number of hydrogen-bond donors (Lipinski definition) is 0. The molecule has 1 aliphatic rings. The molecular weight excluding hydrogens is 341 g/mol. The first-order valence-electron chi connectivity index (χ1n) is 5.73. The van der Waals surface area contributed by atoms with Crippen LogP contribution in [-0.2, 0) is 0 Å². The molecule has 0 aromatic heterocycles. The highest BCUT2D eigenvalue weighted by Crippen LogP contribution is 2.54. The highest BCUT2D eigenvalue weighted by molar-refractivity contribution is 8.05. The van der Waals surface area contributed by atoms with E-state index in [0.29, 0.717) is 21.0 Å². The van der Waals surface area contributed by atoms with E-state index < -0.39 is 5.82 Å². The molecular formula is C14H8Cl2F2S2. The second-order valence-electron chi connectivity index (χ2n) is 4.48. The van der Waals surface area contributed by atoms with Crippen LogP contribution in [-0.4, -0.2) is 0 Å².